The second kappa shape index (κ2) is 7.65. The highest BCUT2D eigenvalue weighted by atomic mass is 19.4. The van der Waals surface area contributed by atoms with Gasteiger partial charge in [-0.25, -0.2) is 0 Å². The van der Waals surface area contributed by atoms with Crippen molar-refractivity contribution in [3.8, 4) is 0 Å². The standard InChI is InChI=1S/C18H21F3N2O3/c19-18(20,21)14-6-4-13(5-7-14)16(24)22-8-2-9-23(11-10-22)17(25)15-3-1-12-26-15/h4-7,15H,1-3,8-12H2. The minimum atomic E-state index is -4.42. The zero-order chi connectivity index (χ0) is 18.7. The maximum absolute atomic E-state index is 12.6. The van der Waals surface area contributed by atoms with Crippen LogP contribution in [0.2, 0.25) is 0 Å². The summed E-state index contributed by atoms with van der Waals surface area (Å²) in [5, 5.41) is 0. The molecule has 2 aliphatic heterocycles. The van der Waals surface area contributed by atoms with Gasteiger partial charge in [-0.1, -0.05) is 0 Å². The first-order valence-electron chi connectivity index (χ1n) is 8.73. The van der Waals surface area contributed by atoms with Crippen molar-refractivity contribution < 1.29 is 27.5 Å². The second-order valence-electron chi connectivity index (χ2n) is 6.55. The van der Waals surface area contributed by atoms with Crippen LogP contribution in [-0.4, -0.2) is 60.5 Å². The molecule has 1 aromatic carbocycles. The minimum absolute atomic E-state index is 0.0358. The van der Waals surface area contributed by atoms with Gasteiger partial charge in [0.25, 0.3) is 11.8 Å². The average Bonchev–Trinajstić information content (AvgIpc) is 3.04. The van der Waals surface area contributed by atoms with Gasteiger partial charge in [-0.05, 0) is 43.5 Å². The number of carbonyl (C=O) groups is 2. The molecule has 0 N–H and O–H groups in total. The Morgan fingerprint density at radius 3 is 2.23 bits per heavy atom. The second-order valence-corrected chi connectivity index (χ2v) is 6.55. The Kier molecular flexibility index (Phi) is 5.50. The first kappa shape index (κ1) is 18.7. The topological polar surface area (TPSA) is 49.9 Å². The van der Waals surface area contributed by atoms with Gasteiger partial charge in [-0.3, -0.25) is 9.59 Å². The van der Waals surface area contributed by atoms with Crippen LogP contribution in [0.1, 0.15) is 35.2 Å². The van der Waals surface area contributed by atoms with Crippen molar-refractivity contribution in [1.29, 1.82) is 0 Å². The summed E-state index contributed by atoms with van der Waals surface area (Å²) >= 11 is 0. The third-order valence-electron chi connectivity index (χ3n) is 4.76. The molecule has 2 amide bonds. The van der Waals surface area contributed by atoms with E-state index < -0.39 is 11.7 Å². The molecule has 1 atom stereocenters. The molecular formula is C18H21F3N2O3. The monoisotopic (exact) mass is 370 g/mol. The predicted molar refractivity (Wildman–Crippen MR) is 87.5 cm³/mol. The molecule has 3 rings (SSSR count). The van der Waals surface area contributed by atoms with E-state index in [0.29, 0.717) is 39.2 Å². The summed E-state index contributed by atoms with van der Waals surface area (Å²) in [6.07, 6.45) is -2.57. The van der Waals surface area contributed by atoms with Gasteiger partial charge in [0.15, 0.2) is 0 Å². The van der Waals surface area contributed by atoms with Gasteiger partial charge in [0.2, 0.25) is 0 Å². The fraction of sp³-hybridized carbons (Fsp3) is 0.556. The van der Waals surface area contributed by atoms with E-state index in [1.807, 2.05) is 0 Å². The highest BCUT2D eigenvalue weighted by molar-refractivity contribution is 5.94. The summed E-state index contributed by atoms with van der Waals surface area (Å²) in [7, 11) is 0. The summed E-state index contributed by atoms with van der Waals surface area (Å²) in [6.45, 7) is 2.39. The zero-order valence-electron chi connectivity index (χ0n) is 14.3. The van der Waals surface area contributed by atoms with Crippen molar-refractivity contribution in [3.05, 3.63) is 35.4 Å². The van der Waals surface area contributed by atoms with Crippen LogP contribution >= 0.6 is 0 Å². The number of halogens is 3. The Hall–Kier alpha value is -2.09. The van der Waals surface area contributed by atoms with Gasteiger partial charge < -0.3 is 14.5 Å². The van der Waals surface area contributed by atoms with E-state index in [4.69, 9.17) is 4.74 Å². The van der Waals surface area contributed by atoms with E-state index >= 15 is 0 Å². The molecule has 5 nitrogen and oxygen atoms in total. The van der Waals surface area contributed by atoms with E-state index in [1.165, 1.54) is 12.1 Å². The molecule has 0 saturated carbocycles. The first-order chi connectivity index (χ1) is 12.4. The Morgan fingerprint density at radius 1 is 0.962 bits per heavy atom. The van der Waals surface area contributed by atoms with E-state index in [1.54, 1.807) is 9.80 Å². The summed E-state index contributed by atoms with van der Waals surface area (Å²) in [4.78, 5) is 28.3. The molecule has 1 aromatic rings. The Morgan fingerprint density at radius 2 is 1.62 bits per heavy atom. The van der Waals surface area contributed by atoms with Gasteiger partial charge in [0.05, 0.1) is 5.56 Å². The molecule has 0 aromatic heterocycles. The van der Waals surface area contributed by atoms with Crippen molar-refractivity contribution in [3.63, 3.8) is 0 Å². The highest BCUT2D eigenvalue weighted by Crippen LogP contribution is 2.29. The first-order valence-corrected chi connectivity index (χ1v) is 8.73. The van der Waals surface area contributed by atoms with Crippen molar-refractivity contribution in [2.45, 2.75) is 31.5 Å². The quantitative estimate of drug-likeness (QED) is 0.804. The highest BCUT2D eigenvalue weighted by Gasteiger charge is 2.32. The largest absolute Gasteiger partial charge is 0.416 e. The summed E-state index contributed by atoms with van der Waals surface area (Å²) in [5.74, 6) is -0.350. The van der Waals surface area contributed by atoms with Crippen molar-refractivity contribution in [2.75, 3.05) is 32.8 Å². The molecule has 2 fully saturated rings. The fourth-order valence-corrected chi connectivity index (χ4v) is 3.30. The van der Waals surface area contributed by atoms with Crippen LogP contribution in [0.4, 0.5) is 13.2 Å². The van der Waals surface area contributed by atoms with Gasteiger partial charge in [0.1, 0.15) is 6.10 Å². The minimum Gasteiger partial charge on any atom is -0.368 e. The number of carbonyl (C=O) groups excluding carboxylic acids is 2. The number of benzene rings is 1. The number of amides is 2. The van der Waals surface area contributed by atoms with Crippen LogP contribution in [0.5, 0.6) is 0 Å². The lowest BCUT2D eigenvalue weighted by molar-refractivity contribution is -0.140. The molecule has 0 aliphatic carbocycles. The predicted octanol–water partition coefficient (Wildman–Crippen LogP) is 2.56. The number of rotatable bonds is 2. The van der Waals surface area contributed by atoms with Crippen LogP contribution in [0.3, 0.4) is 0 Å². The van der Waals surface area contributed by atoms with Crippen molar-refractivity contribution >= 4 is 11.8 Å². The van der Waals surface area contributed by atoms with E-state index in [2.05, 4.69) is 0 Å². The molecule has 0 spiro atoms. The lowest BCUT2D eigenvalue weighted by Crippen LogP contribution is -2.41. The Balaban J connectivity index is 1.61. The third kappa shape index (κ3) is 4.17. The SMILES string of the molecule is O=C(c1ccc(C(F)(F)F)cc1)N1CCCN(C(=O)C2CCCO2)CC1. The summed E-state index contributed by atoms with van der Waals surface area (Å²) in [5.41, 5.74) is -0.560. The molecular weight excluding hydrogens is 349 g/mol. The maximum atomic E-state index is 12.6. The molecule has 1 unspecified atom stereocenters. The van der Waals surface area contributed by atoms with Gasteiger partial charge in [-0.15, -0.1) is 0 Å². The third-order valence-corrected chi connectivity index (χ3v) is 4.76. The molecule has 2 aliphatic rings. The fourth-order valence-electron chi connectivity index (χ4n) is 3.30. The van der Waals surface area contributed by atoms with Crippen molar-refractivity contribution in [1.82, 2.24) is 9.80 Å². The molecule has 8 heteroatoms. The van der Waals surface area contributed by atoms with Crippen LogP contribution in [0.15, 0.2) is 24.3 Å². The molecule has 2 heterocycles. The van der Waals surface area contributed by atoms with E-state index in [-0.39, 0.29) is 23.5 Å². The van der Waals surface area contributed by atoms with Gasteiger partial charge in [0, 0.05) is 38.3 Å². The normalized spacial score (nSPS) is 21.6. The van der Waals surface area contributed by atoms with Crippen LogP contribution in [-0.2, 0) is 15.7 Å². The van der Waals surface area contributed by atoms with Crippen LogP contribution in [0, 0.1) is 0 Å². The molecule has 2 saturated heterocycles. The molecule has 26 heavy (non-hydrogen) atoms. The van der Waals surface area contributed by atoms with Gasteiger partial charge in [-0.2, -0.15) is 13.2 Å². The number of nitrogens with zero attached hydrogens (tertiary/aromatic N) is 2. The molecule has 0 radical (unpaired) electrons. The molecule has 0 bridgehead atoms. The zero-order valence-corrected chi connectivity index (χ0v) is 14.3. The number of alkyl halides is 3. The number of ether oxygens (including phenoxy) is 1. The van der Waals surface area contributed by atoms with Gasteiger partial charge >= 0.3 is 6.18 Å². The number of hydrogen-bond acceptors (Lipinski definition) is 3. The maximum Gasteiger partial charge on any atom is 0.416 e. The van der Waals surface area contributed by atoms with Crippen LogP contribution in [0.25, 0.3) is 0 Å². The summed E-state index contributed by atoms with van der Waals surface area (Å²) < 4.78 is 43.3. The van der Waals surface area contributed by atoms with E-state index in [9.17, 15) is 22.8 Å². The Labute approximate surface area is 149 Å². The lowest BCUT2D eigenvalue weighted by atomic mass is 10.1. The average molecular weight is 370 g/mol. The van der Waals surface area contributed by atoms with Crippen LogP contribution < -0.4 is 0 Å². The van der Waals surface area contributed by atoms with E-state index in [0.717, 1.165) is 25.0 Å². The lowest BCUT2D eigenvalue weighted by Gasteiger charge is -2.24. The smallest absolute Gasteiger partial charge is 0.368 e. The summed E-state index contributed by atoms with van der Waals surface area (Å²) in [6, 6.07) is 4.23. The molecule has 142 valence electrons. The number of hydrogen-bond donors (Lipinski definition) is 0. The Bertz CT molecular complexity index is 655. The van der Waals surface area contributed by atoms with Crippen molar-refractivity contribution in [2.24, 2.45) is 0 Å².